The highest BCUT2D eigenvalue weighted by atomic mass is 19.4. The van der Waals surface area contributed by atoms with Gasteiger partial charge in [0.1, 0.15) is 18.0 Å². The SMILES string of the molecule is F[C@H]1CCNC[C@H]1Oc1cccc(C(F)(F)F)n1. The summed E-state index contributed by atoms with van der Waals surface area (Å²) in [6, 6.07) is 3.32. The lowest BCUT2D eigenvalue weighted by atomic mass is 10.1. The first-order valence-corrected chi connectivity index (χ1v) is 5.52. The highest BCUT2D eigenvalue weighted by Crippen LogP contribution is 2.29. The third kappa shape index (κ3) is 3.10. The van der Waals surface area contributed by atoms with Crippen molar-refractivity contribution in [2.45, 2.75) is 24.9 Å². The Labute approximate surface area is 101 Å². The van der Waals surface area contributed by atoms with Gasteiger partial charge in [0.05, 0.1) is 0 Å². The van der Waals surface area contributed by atoms with E-state index in [2.05, 4.69) is 10.3 Å². The van der Waals surface area contributed by atoms with Crippen molar-refractivity contribution in [2.24, 2.45) is 0 Å². The first-order chi connectivity index (χ1) is 8.47. The van der Waals surface area contributed by atoms with Crippen molar-refractivity contribution in [3.05, 3.63) is 23.9 Å². The van der Waals surface area contributed by atoms with Crippen LogP contribution < -0.4 is 10.1 Å². The topological polar surface area (TPSA) is 34.1 Å². The van der Waals surface area contributed by atoms with Gasteiger partial charge in [0.25, 0.3) is 0 Å². The van der Waals surface area contributed by atoms with Crippen molar-refractivity contribution in [1.82, 2.24) is 10.3 Å². The van der Waals surface area contributed by atoms with Crippen molar-refractivity contribution in [2.75, 3.05) is 13.1 Å². The molecule has 2 heterocycles. The minimum absolute atomic E-state index is 0.207. The molecule has 0 bridgehead atoms. The normalized spacial score (nSPS) is 24.9. The van der Waals surface area contributed by atoms with Gasteiger partial charge in [-0.2, -0.15) is 13.2 Å². The van der Waals surface area contributed by atoms with Crippen molar-refractivity contribution >= 4 is 0 Å². The van der Waals surface area contributed by atoms with Gasteiger partial charge in [-0.25, -0.2) is 9.37 Å². The van der Waals surface area contributed by atoms with Crippen LogP contribution in [0, 0.1) is 0 Å². The summed E-state index contributed by atoms with van der Waals surface area (Å²) in [6.07, 6.45) is -6.24. The van der Waals surface area contributed by atoms with Gasteiger partial charge in [0.2, 0.25) is 5.88 Å². The van der Waals surface area contributed by atoms with E-state index in [-0.39, 0.29) is 18.8 Å². The van der Waals surface area contributed by atoms with Crippen LogP contribution in [0.1, 0.15) is 12.1 Å². The van der Waals surface area contributed by atoms with Crippen LogP contribution in [0.15, 0.2) is 18.2 Å². The maximum Gasteiger partial charge on any atom is 0.433 e. The Hall–Kier alpha value is -1.37. The molecule has 1 saturated heterocycles. The number of pyridine rings is 1. The van der Waals surface area contributed by atoms with E-state index in [9.17, 15) is 17.6 Å². The lowest BCUT2D eigenvalue weighted by Crippen LogP contribution is -2.45. The fourth-order valence-electron chi connectivity index (χ4n) is 1.71. The number of halogens is 4. The highest BCUT2D eigenvalue weighted by molar-refractivity contribution is 5.18. The Morgan fingerprint density at radius 3 is 2.78 bits per heavy atom. The van der Waals surface area contributed by atoms with Crippen LogP contribution in [0.5, 0.6) is 5.88 Å². The molecule has 0 unspecified atom stereocenters. The smallest absolute Gasteiger partial charge is 0.433 e. The summed E-state index contributed by atoms with van der Waals surface area (Å²) in [5.41, 5.74) is -1.04. The van der Waals surface area contributed by atoms with Gasteiger partial charge in [-0.05, 0) is 19.0 Å². The first-order valence-electron chi connectivity index (χ1n) is 5.52. The average Bonchev–Trinajstić information content (AvgIpc) is 2.31. The Morgan fingerprint density at radius 1 is 1.33 bits per heavy atom. The number of ether oxygens (including phenoxy) is 1. The number of hydrogen-bond donors (Lipinski definition) is 1. The summed E-state index contributed by atoms with van der Waals surface area (Å²) in [5, 5.41) is 2.92. The quantitative estimate of drug-likeness (QED) is 0.831. The van der Waals surface area contributed by atoms with Crippen LogP contribution >= 0.6 is 0 Å². The number of nitrogens with zero attached hydrogens (tertiary/aromatic N) is 1. The largest absolute Gasteiger partial charge is 0.470 e. The van der Waals surface area contributed by atoms with E-state index in [0.29, 0.717) is 6.54 Å². The summed E-state index contributed by atoms with van der Waals surface area (Å²) < 4.78 is 55.9. The molecule has 0 aliphatic carbocycles. The Bertz CT molecular complexity index is 410. The molecule has 18 heavy (non-hydrogen) atoms. The summed E-state index contributed by atoms with van der Waals surface area (Å²) in [5.74, 6) is -0.207. The van der Waals surface area contributed by atoms with E-state index < -0.39 is 24.1 Å². The molecule has 3 nitrogen and oxygen atoms in total. The molecular formula is C11H12F4N2O. The van der Waals surface area contributed by atoms with Crippen molar-refractivity contribution in [3.8, 4) is 5.88 Å². The Balaban J connectivity index is 2.09. The van der Waals surface area contributed by atoms with Crippen molar-refractivity contribution < 1.29 is 22.3 Å². The van der Waals surface area contributed by atoms with Gasteiger partial charge < -0.3 is 10.1 Å². The highest BCUT2D eigenvalue weighted by Gasteiger charge is 2.33. The van der Waals surface area contributed by atoms with Crippen LogP contribution in [0.3, 0.4) is 0 Å². The second-order valence-electron chi connectivity index (χ2n) is 4.02. The van der Waals surface area contributed by atoms with Crippen LogP contribution in [0.25, 0.3) is 0 Å². The van der Waals surface area contributed by atoms with E-state index in [1.807, 2.05) is 0 Å². The van der Waals surface area contributed by atoms with Gasteiger partial charge in [0, 0.05) is 12.6 Å². The van der Waals surface area contributed by atoms with Crippen LogP contribution in [0.4, 0.5) is 17.6 Å². The van der Waals surface area contributed by atoms with Gasteiger partial charge in [-0.1, -0.05) is 6.07 Å². The summed E-state index contributed by atoms with van der Waals surface area (Å²) in [4.78, 5) is 3.33. The second-order valence-corrected chi connectivity index (χ2v) is 4.02. The number of piperidine rings is 1. The van der Waals surface area contributed by atoms with E-state index in [0.717, 1.165) is 6.07 Å². The molecule has 0 aromatic carbocycles. The van der Waals surface area contributed by atoms with Crippen molar-refractivity contribution in [1.29, 1.82) is 0 Å². The second kappa shape index (κ2) is 5.09. The molecule has 0 spiro atoms. The summed E-state index contributed by atoms with van der Waals surface area (Å²) in [7, 11) is 0. The molecule has 0 amide bonds. The lowest BCUT2D eigenvalue weighted by Gasteiger charge is -2.27. The van der Waals surface area contributed by atoms with E-state index in [4.69, 9.17) is 4.74 Å². The molecule has 7 heteroatoms. The van der Waals surface area contributed by atoms with Gasteiger partial charge in [-0.15, -0.1) is 0 Å². The third-order valence-corrected chi connectivity index (χ3v) is 2.63. The maximum absolute atomic E-state index is 13.5. The predicted octanol–water partition coefficient (Wildman–Crippen LogP) is 2.18. The molecule has 1 aromatic heterocycles. The predicted molar refractivity (Wildman–Crippen MR) is 56.0 cm³/mol. The maximum atomic E-state index is 13.5. The van der Waals surface area contributed by atoms with Gasteiger partial charge >= 0.3 is 6.18 Å². The van der Waals surface area contributed by atoms with Crippen LogP contribution in [0.2, 0.25) is 0 Å². The first kappa shape index (κ1) is 13.1. The number of rotatable bonds is 2. The van der Waals surface area contributed by atoms with Crippen molar-refractivity contribution in [3.63, 3.8) is 0 Å². The molecule has 1 aliphatic heterocycles. The van der Waals surface area contributed by atoms with E-state index in [1.54, 1.807) is 0 Å². The van der Waals surface area contributed by atoms with Crippen LogP contribution in [-0.2, 0) is 6.18 Å². The molecule has 1 fully saturated rings. The van der Waals surface area contributed by atoms with E-state index >= 15 is 0 Å². The monoisotopic (exact) mass is 264 g/mol. The van der Waals surface area contributed by atoms with Gasteiger partial charge in [-0.3, -0.25) is 0 Å². The zero-order valence-electron chi connectivity index (χ0n) is 9.38. The molecule has 1 N–H and O–H groups in total. The fourth-order valence-corrected chi connectivity index (χ4v) is 1.71. The number of nitrogens with one attached hydrogen (secondary N) is 1. The number of aromatic nitrogens is 1. The van der Waals surface area contributed by atoms with Gasteiger partial charge in [0.15, 0.2) is 0 Å². The zero-order chi connectivity index (χ0) is 13.2. The molecule has 100 valence electrons. The minimum atomic E-state index is -4.53. The van der Waals surface area contributed by atoms with E-state index in [1.165, 1.54) is 12.1 Å². The molecular weight excluding hydrogens is 252 g/mol. The molecule has 0 saturated carbocycles. The Kier molecular flexibility index (Phi) is 3.70. The summed E-state index contributed by atoms with van der Waals surface area (Å²) >= 11 is 0. The average molecular weight is 264 g/mol. The number of alkyl halides is 4. The van der Waals surface area contributed by atoms with Crippen LogP contribution in [-0.4, -0.2) is 30.3 Å². The zero-order valence-corrected chi connectivity index (χ0v) is 9.38. The molecule has 2 atom stereocenters. The Morgan fingerprint density at radius 2 is 2.11 bits per heavy atom. The fraction of sp³-hybridized carbons (Fsp3) is 0.545. The number of hydrogen-bond acceptors (Lipinski definition) is 3. The minimum Gasteiger partial charge on any atom is -0.470 e. The molecule has 1 aromatic rings. The third-order valence-electron chi connectivity index (χ3n) is 2.63. The molecule has 2 rings (SSSR count). The standard InChI is InChI=1S/C11H12F4N2O/c12-7-4-5-16-6-8(7)18-10-3-1-2-9(17-10)11(13,14)15/h1-3,7-8,16H,4-6H2/t7-,8+/m0/s1. The molecule has 0 radical (unpaired) electrons. The lowest BCUT2D eigenvalue weighted by molar-refractivity contribution is -0.141. The summed E-state index contributed by atoms with van der Waals surface area (Å²) in [6.45, 7) is 0.802. The molecule has 1 aliphatic rings.